The maximum atomic E-state index is 13.5. The zero-order chi connectivity index (χ0) is 19.4. The third-order valence-corrected chi connectivity index (χ3v) is 3.86. The number of halogens is 2. The van der Waals surface area contributed by atoms with Gasteiger partial charge in [-0.25, -0.2) is 13.6 Å². The van der Waals surface area contributed by atoms with Crippen LogP contribution in [0.5, 0.6) is 5.75 Å². The van der Waals surface area contributed by atoms with Crippen molar-refractivity contribution in [2.24, 2.45) is 0 Å². The fraction of sp³-hybridized carbons (Fsp3) is 0.100. The van der Waals surface area contributed by atoms with Crippen LogP contribution in [0.15, 0.2) is 54.6 Å². The Bertz CT molecular complexity index is 1020. The molecule has 3 aromatic carbocycles. The molecule has 27 heavy (non-hydrogen) atoms. The molecule has 0 saturated heterocycles. The summed E-state index contributed by atoms with van der Waals surface area (Å²) in [6.45, 7) is -0.615. The van der Waals surface area contributed by atoms with E-state index in [0.717, 1.165) is 17.5 Å². The Balaban J connectivity index is 1.71. The number of anilines is 1. The van der Waals surface area contributed by atoms with E-state index in [1.807, 2.05) is 6.07 Å². The lowest BCUT2D eigenvalue weighted by atomic mass is 10.0. The highest BCUT2D eigenvalue weighted by Gasteiger charge is 2.16. The fourth-order valence-electron chi connectivity index (χ4n) is 2.61. The van der Waals surface area contributed by atoms with Gasteiger partial charge in [-0.2, -0.15) is 0 Å². The SMILES string of the molecule is COc1ccc(C(=O)OCC(=O)Nc2ccc(F)cc2F)c2ccccc12. The van der Waals surface area contributed by atoms with Crippen LogP contribution < -0.4 is 10.1 Å². The molecule has 0 atom stereocenters. The van der Waals surface area contributed by atoms with E-state index in [1.54, 1.807) is 30.3 Å². The normalized spacial score (nSPS) is 10.5. The Kier molecular flexibility index (Phi) is 5.30. The number of nitrogens with one attached hydrogen (secondary N) is 1. The van der Waals surface area contributed by atoms with Crippen LogP contribution in [0.1, 0.15) is 10.4 Å². The predicted octanol–water partition coefficient (Wildman–Crippen LogP) is 3.92. The Morgan fingerprint density at radius 3 is 2.44 bits per heavy atom. The van der Waals surface area contributed by atoms with Crippen molar-refractivity contribution in [2.75, 3.05) is 19.0 Å². The summed E-state index contributed by atoms with van der Waals surface area (Å²) in [6, 6.07) is 13.0. The molecule has 0 aromatic heterocycles. The zero-order valence-corrected chi connectivity index (χ0v) is 14.3. The summed E-state index contributed by atoms with van der Waals surface area (Å²) >= 11 is 0. The van der Waals surface area contributed by atoms with Crippen molar-refractivity contribution >= 4 is 28.3 Å². The molecular formula is C20H15F2NO4. The highest BCUT2D eigenvalue weighted by atomic mass is 19.1. The molecule has 0 saturated carbocycles. The molecular weight excluding hydrogens is 356 g/mol. The number of rotatable bonds is 5. The average molecular weight is 371 g/mol. The molecule has 1 amide bonds. The topological polar surface area (TPSA) is 64.6 Å². The van der Waals surface area contributed by atoms with E-state index in [1.165, 1.54) is 7.11 Å². The first-order valence-corrected chi connectivity index (χ1v) is 7.97. The van der Waals surface area contributed by atoms with Crippen LogP contribution in [0.2, 0.25) is 0 Å². The minimum Gasteiger partial charge on any atom is -0.496 e. The summed E-state index contributed by atoms with van der Waals surface area (Å²) in [7, 11) is 1.53. The van der Waals surface area contributed by atoms with E-state index >= 15 is 0 Å². The standard InChI is InChI=1S/C20H15F2NO4/c1-26-18-9-7-15(13-4-2-3-5-14(13)18)20(25)27-11-19(24)23-17-8-6-12(21)10-16(17)22/h2-10H,11H2,1H3,(H,23,24). The van der Waals surface area contributed by atoms with Crippen molar-refractivity contribution < 1.29 is 27.8 Å². The molecule has 0 bridgehead atoms. The quantitative estimate of drug-likeness (QED) is 0.691. The first-order chi connectivity index (χ1) is 13.0. The summed E-state index contributed by atoms with van der Waals surface area (Å²) < 4.78 is 36.7. The van der Waals surface area contributed by atoms with Crippen LogP contribution >= 0.6 is 0 Å². The average Bonchev–Trinajstić information content (AvgIpc) is 2.67. The maximum absolute atomic E-state index is 13.5. The van der Waals surface area contributed by atoms with Gasteiger partial charge in [-0.3, -0.25) is 4.79 Å². The van der Waals surface area contributed by atoms with E-state index in [-0.39, 0.29) is 11.3 Å². The molecule has 5 nitrogen and oxygen atoms in total. The van der Waals surface area contributed by atoms with Gasteiger partial charge in [0.05, 0.1) is 18.4 Å². The monoisotopic (exact) mass is 371 g/mol. The van der Waals surface area contributed by atoms with Crippen LogP contribution in [-0.2, 0) is 9.53 Å². The first-order valence-electron chi connectivity index (χ1n) is 7.97. The van der Waals surface area contributed by atoms with Gasteiger partial charge in [-0.15, -0.1) is 0 Å². The molecule has 3 aromatic rings. The maximum Gasteiger partial charge on any atom is 0.339 e. The van der Waals surface area contributed by atoms with Gasteiger partial charge in [-0.05, 0) is 29.7 Å². The lowest BCUT2D eigenvalue weighted by Gasteiger charge is -2.11. The number of fused-ring (bicyclic) bond motifs is 1. The zero-order valence-electron chi connectivity index (χ0n) is 14.3. The van der Waals surface area contributed by atoms with Crippen molar-refractivity contribution in [3.05, 3.63) is 71.8 Å². The number of benzene rings is 3. The Morgan fingerprint density at radius 2 is 1.74 bits per heavy atom. The lowest BCUT2D eigenvalue weighted by Crippen LogP contribution is -2.21. The Hall–Kier alpha value is -3.48. The van der Waals surface area contributed by atoms with Gasteiger partial charge >= 0.3 is 5.97 Å². The van der Waals surface area contributed by atoms with Crippen molar-refractivity contribution in [1.29, 1.82) is 0 Å². The molecule has 0 fully saturated rings. The fourth-order valence-corrected chi connectivity index (χ4v) is 2.61. The smallest absolute Gasteiger partial charge is 0.339 e. The minimum absolute atomic E-state index is 0.202. The number of methoxy groups -OCH3 is 1. The number of hydrogen-bond donors (Lipinski definition) is 1. The van der Waals surface area contributed by atoms with Gasteiger partial charge < -0.3 is 14.8 Å². The lowest BCUT2D eigenvalue weighted by molar-refractivity contribution is -0.119. The van der Waals surface area contributed by atoms with E-state index < -0.39 is 30.1 Å². The molecule has 0 radical (unpaired) electrons. The summed E-state index contributed by atoms with van der Waals surface area (Å²) in [6.07, 6.45) is 0. The molecule has 3 rings (SSSR count). The summed E-state index contributed by atoms with van der Waals surface area (Å²) in [5.74, 6) is -2.53. The first kappa shape index (κ1) is 18.3. The van der Waals surface area contributed by atoms with Crippen LogP contribution in [0.25, 0.3) is 10.8 Å². The molecule has 1 N–H and O–H groups in total. The van der Waals surface area contributed by atoms with Gasteiger partial charge in [0.25, 0.3) is 5.91 Å². The van der Waals surface area contributed by atoms with Crippen molar-refractivity contribution in [3.8, 4) is 5.75 Å². The second-order valence-electron chi connectivity index (χ2n) is 5.61. The summed E-state index contributed by atoms with van der Waals surface area (Å²) in [5.41, 5.74) is 0.0690. The van der Waals surface area contributed by atoms with Crippen LogP contribution in [0, 0.1) is 11.6 Å². The number of hydrogen-bond acceptors (Lipinski definition) is 4. The van der Waals surface area contributed by atoms with E-state index in [4.69, 9.17) is 9.47 Å². The van der Waals surface area contributed by atoms with Crippen molar-refractivity contribution in [2.45, 2.75) is 0 Å². The number of esters is 1. The van der Waals surface area contributed by atoms with Gasteiger partial charge in [0.2, 0.25) is 0 Å². The highest BCUT2D eigenvalue weighted by molar-refractivity contribution is 6.07. The predicted molar refractivity (Wildman–Crippen MR) is 95.8 cm³/mol. The summed E-state index contributed by atoms with van der Waals surface area (Å²) in [4.78, 5) is 24.2. The molecule has 0 heterocycles. The molecule has 0 unspecified atom stereocenters. The molecule has 0 aliphatic rings. The van der Waals surface area contributed by atoms with Gasteiger partial charge in [0.15, 0.2) is 6.61 Å². The van der Waals surface area contributed by atoms with Crippen LogP contribution in [0.4, 0.5) is 14.5 Å². The molecule has 7 heteroatoms. The molecule has 0 spiro atoms. The summed E-state index contributed by atoms with van der Waals surface area (Å²) in [5, 5.41) is 3.57. The Labute approximate surface area is 153 Å². The van der Waals surface area contributed by atoms with Crippen LogP contribution in [0.3, 0.4) is 0 Å². The van der Waals surface area contributed by atoms with E-state index in [0.29, 0.717) is 17.2 Å². The van der Waals surface area contributed by atoms with E-state index in [9.17, 15) is 18.4 Å². The number of ether oxygens (including phenoxy) is 2. The number of carbonyl (C=O) groups excluding carboxylic acids is 2. The highest BCUT2D eigenvalue weighted by Crippen LogP contribution is 2.28. The molecule has 0 aliphatic carbocycles. The van der Waals surface area contributed by atoms with E-state index in [2.05, 4.69) is 5.32 Å². The largest absolute Gasteiger partial charge is 0.496 e. The van der Waals surface area contributed by atoms with Gasteiger partial charge in [0, 0.05) is 11.5 Å². The number of carbonyl (C=O) groups is 2. The van der Waals surface area contributed by atoms with Crippen molar-refractivity contribution in [1.82, 2.24) is 0 Å². The molecule has 0 aliphatic heterocycles. The van der Waals surface area contributed by atoms with Gasteiger partial charge in [0.1, 0.15) is 17.4 Å². The third-order valence-electron chi connectivity index (χ3n) is 3.86. The third kappa shape index (κ3) is 4.03. The number of amides is 1. The van der Waals surface area contributed by atoms with Crippen molar-refractivity contribution in [3.63, 3.8) is 0 Å². The minimum atomic E-state index is -0.921. The Morgan fingerprint density at radius 1 is 1.00 bits per heavy atom. The molecule has 138 valence electrons. The van der Waals surface area contributed by atoms with Crippen LogP contribution in [-0.4, -0.2) is 25.6 Å². The second kappa shape index (κ2) is 7.82. The second-order valence-corrected chi connectivity index (χ2v) is 5.61. The van der Waals surface area contributed by atoms with Gasteiger partial charge in [-0.1, -0.05) is 24.3 Å².